The molecule has 92 valence electrons. The largest absolute Gasteiger partial charge is 0.495 e. The molecular weight excluding hydrogens is 256 g/mol. The number of hydrogen-bond donors (Lipinski definition) is 1. The van der Waals surface area contributed by atoms with E-state index in [2.05, 4.69) is 0 Å². The third kappa shape index (κ3) is 2.28. The molecule has 1 saturated heterocycles. The van der Waals surface area contributed by atoms with E-state index in [1.54, 1.807) is 18.1 Å². The first-order valence-electron chi connectivity index (χ1n) is 5.37. The minimum absolute atomic E-state index is 0.0350. The molecule has 0 aliphatic carbocycles. The monoisotopic (exact) mass is 270 g/mol. The summed E-state index contributed by atoms with van der Waals surface area (Å²) < 4.78 is 5.16. The van der Waals surface area contributed by atoms with Gasteiger partial charge in [0.05, 0.1) is 18.1 Å². The Balaban J connectivity index is 2.23. The van der Waals surface area contributed by atoms with Gasteiger partial charge in [-0.1, -0.05) is 12.2 Å². The van der Waals surface area contributed by atoms with Crippen molar-refractivity contribution in [3.05, 3.63) is 16.3 Å². The number of carbonyl (C=O) groups is 1. The van der Waals surface area contributed by atoms with E-state index >= 15 is 0 Å². The zero-order valence-corrected chi connectivity index (χ0v) is 11.1. The van der Waals surface area contributed by atoms with Crippen molar-refractivity contribution in [2.45, 2.75) is 18.9 Å². The summed E-state index contributed by atoms with van der Waals surface area (Å²) in [5, 5.41) is 1.85. The summed E-state index contributed by atoms with van der Waals surface area (Å²) in [4.78, 5) is 15.1. The molecule has 1 atom stereocenters. The molecule has 1 aliphatic heterocycles. The van der Waals surface area contributed by atoms with Crippen LogP contribution in [0.4, 0.5) is 0 Å². The third-order valence-corrected chi connectivity index (χ3v) is 4.04. The number of nitrogens with two attached hydrogens (primary N) is 1. The maximum Gasteiger partial charge on any atom is 0.268 e. The maximum absolute atomic E-state index is 12.3. The minimum atomic E-state index is -0.107. The summed E-state index contributed by atoms with van der Waals surface area (Å²) in [5.41, 5.74) is 5.66. The van der Waals surface area contributed by atoms with Crippen LogP contribution >= 0.6 is 23.6 Å². The van der Waals surface area contributed by atoms with Crippen LogP contribution in [-0.2, 0) is 0 Å². The first-order chi connectivity index (χ1) is 8.15. The van der Waals surface area contributed by atoms with Crippen LogP contribution in [0.15, 0.2) is 11.4 Å². The van der Waals surface area contributed by atoms with Crippen molar-refractivity contribution in [1.82, 2.24) is 4.90 Å². The molecule has 1 fully saturated rings. The van der Waals surface area contributed by atoms with Crippen LogP contribution < -0.4 is 10.5 Å². The minimum Gasteiger partial charge on any atom is -0.495 e. The number of carbonyl (C=O) groups excluding carboxylic acids is 1. The first kappa shape index (κ1) is 12.3. The van der Waals surface area contributed by atoms with E-state index in [9.17, 15) is 4.79 Å². The molecule has 6 heteroatoms. The van der Waals surface area contributed by atoms with Crippen LogP contribution in [0.3, 0.4) is 0 Å². The van der Waals surface area contributed by atoms with E-state index in [1.807, 2.05) is 5.38 Å². The number of thiocarbonyl (C=S) groups is 1. The highest BCUT2D eigenvalue weighted by molar-refractivity contribution is 7.80. The number of hydrogen-bond acceptors (Lipinski definition) is 4. The number of rotatable bonds is 3. The zero-order chi connectivity index (χ0) is 12.4. The molecule has 0 saturated carbocycles. The lowest BCUT2D eigenvalue weighted by molar-refractivity contribution is 0.0772. The van der Waals surface area contributed by atoms with Crippen LogP contribution in [-0.4, -0.2) is 35.5 Å². The summed E-state index contributed by atoms with van der Waals surface area (Å²) in [7, 11) is 1.56. The van der Waals surface area contributed by atoms with Gasteiger partial charge in [0.2, 0.25) is 0 Å². The summed E-state index contributed by atoms with van der Waals surface area (Å²) in [6.07, 6.45) is 1.80. The predicted octanol–water partition coefficient (Wildman–Crippen LogP) is 1.65. The van der Waals surface area contributed by atoms with Gasteiger partial charge in [0.25, 0.3) is 5.91 Å². The van der Waals surface area contributed by atoms with Crippen LogP contribution in [0.2, 0.25) is 0 Å². The summed E-state index contributed by atoms with van der Waals surface area (Å²) in [6, 6.07) is 1.69. The van der Waals surface area contributed by atoms with Crippen molar-refractivity contribution in [2.75, 3.05) is 13.7 Å². The molecular formula is C11H14N2O2S2. The normalized spacial score (nSPS) is 19.4. The van der Waals surface area contributed by atoms with Crippen LogP contribution in [0.5, 0.6) is 5.75 Å². The highest BCUT2D eigenvalue weighted by Gasteiger charge is 2.32. The van der Waals surface area contributed by atoms with E-state index in [0.717, 1.165) is 12.8 Å². The lowest BCUT2D eigenvalue weighted by Gasteiger charge is -2.23. The van der Waals surface area contributed by atoms with Gasteiger partial charge < -0.3 is 15.4 Å². The Morgan fingerprint density at radius 1 is 1.71 bits per heavy atom. The summed E-state index contributed by atoms with van der Waals surface area (Å²) in [6.45, 7) is 0.710. The predicted molar refractivity (Wildman–Crippen MR) is 71.7 cm³/mol. The number of nitrogens with zero attached hydrogens (tertiary/aromatic N) is 1. The SMILES string of the molecule is COc1ccsc1C(=O)N1CCCC1C(N)=S. The van der Waals surface area contributed by atoms with Crippen LogP contribution in [0.1, 0.15) is 22.5 Å². The van der Waals surface area contributed by atoms with Gasteiger partial charge in [-0.2, -0.15) is 0 Å². The Labute approximate surface area is 109 Å². The average Bonchev–Trinajstić information content (AvgIpc) is 2.96. The molecule has 1 unspecified atom stereocenters. The van der Waals surface area contributed by atoms with E-state index in [-0.39, 0.29) is 11.9 Å². The molecule has 17 heavy (non-hydrogen) atoms. The fraction of sp³-hybridized carbons (Fsp3) is 0.455. The molecule has 1 aromatic rings. The Bertz CT molecular complexity index is 444. The lowest BCUT2D eigenvalue weighted by atomic mass is 10.2. The van der Waals surface area contributed by atoms with Gasteiger partial charge in [-0.05, 0) is 24.3 Å². The average molecular weight is 270 g/mol. The number of ether oxygens (including phenoxy) is 1. The Kier molecular flexibility index (Phi) is 3.63. The molecule has 1 amide bonds. The molecule has 0 bridgehead atoms. The second kappa shape index (κ2) is 5.01. The lowest BCUT2D eigenvalue weighted by Crippen LogP contribution is -2.42. The molecule has 4 nitrogen and oxygen atoms in total. The van der Waals surface area contributed by atoms with Crippen molar-refractivity contribution < 1.29 is 9.53 Å². The van der Waals surface area contributed by atoms with Crippen molar-refractivity contribution in [3.8, 4) is 5.75 Å². The van der Waals surface area contributed by atoms with E-state index < -0.39 is 0 Å². The van der Waals surface area contributed by atoms with Gasteiger partial charge in [-0.15, -0.1) is 11.3 Å². The second-order valence-electron chi connectivity index (χ2n) is 3.88. The van der Waals surface area contributed by atoms with Gasteiger partial charge in [-0.25, -0.2) is 0 Å². The summed E-state index contributed by atoms with van der Waals surface area (Å²) in [5.74, 6) is 0.584. The molecule has 2 heterocycles. The van der Waals surface area contributed by atoms with Gasteiger partial charge in [0.15, 0.2) is 0 Å². The van der Waals surface area contributed by atoms with Crippen molar-refractivity contribution >= 4 is 34.5 Å². The van der Waals surface area contributed by atoms with E-state index in [4.69, 9.17) is 22.7 Å². The fourth-order valence-electron chi connectivity index (χ4n) is 2.05. The first-order valence-corrected chi connectivity index (χ1v) is 6.65. The highest BCUT2D eigenvalue weighted by atomic mass is 32.1. The highest BCUT2D eigenvalue weighted by Crippen LogP contribution is 2.29. The van der Waals surface area contributed by atoms with Crippen molar-refractivity contribution in [1.29, 1.82) is 0 Å². The molecule has 2 N–H and O–H groups in total. The molecule has 1 aliphatic rings. The number of thiophene rings is 1. The molecule has 2 rings (SSSR count). The Morgan fingerprint density at radius 2 is 2.47 bits per heavy atom. The van der Waals surface area contributed by atoms with Crippen LogP contribution in [0, 0.1) is 0 Å². The standard InChI is InChI=1S/C11H14N2O2S2/c1-15-8-4-6-17-9(8)11(14)13-5-2-3-7(13)10(12)16/h4,6-7H,2-3,5H2,1H3,(H2,12,16). The van der Waals surface area contributed by atoms with Crippen LogP contribution in [0.25, 0.3) is 0 Å². The number of amides is 1. The summed E-state index contributed by atoms with van der Waals surface area (Å²) >= 11 is 6.38. The van der Waals surface area contributed by atoms with E-state index in [1.165, 1.54) is 11.3 Å². The second-order valence-corrected chi connectivity index (χ2v) is 5.26. The van der Waals surface area contributed by atoms with Crippen molar-refractivity contribution in [3.63, 3.8) is 0 Å². The molecule has 0 aromatic carbocycles. The van der Waals surface area contributed by atoms with Gasteiger partial charge >= 0.3 is 0 Å². The molecule has 0 radical (unpaired) electrons. The molecule has 0 spiro atoms. The molecule has 1 aromatic heterocycles. The van der Waals surface area contributed by atoms with Gasteiger partial charge in [-0.3, -0.25) is 4.79 Å². The number of likely N-dealkylation sites (tertiary alicyclic amines) is 1. The van der Waals surface area contributed by atoms with Gasteiger partial charge in [0, 0.05) is 6.54 Å². The Hall–Kier alpha value is -1.14. The smallest absolute Gasteiger partial charge is 0.268 e. The fourth-order valence-corrected chi connectivity index (χ4v) is 3.11. The Morgan fingerprint density at radius 3 is 3.12 bits per heavy atom. The zero-order valence-electron chi connectivity index (χ0n) is 9.51. The van der Waals surface area contributed by atoms with Gasteiger partial charge in [0.1, 0.15) is 10.6 Å². The number of methoxy groups -OCH3 is 1. The maximum atomic E-state index is 12.3. The topological polar surface area (TPSA) is 55.6 Å². The van der Waals surface area contributed by atoms with E-state index in [0.29, 0.717) is 22.2 Å². The third-order valence-electron chi connectivity index (χ3n) is 2.89. The quantitative estimate of drug-likeness (QED) is 0.849. The van der Waals surface area contributed by atoms with Crippen molar-refractivity contribution in [2.24, 2.45) is 5.73 Å².